The van der Waals surface area contributed by atoms with Crippen LogP contribution < -0.4 is 11.1 Å². The summed E-state index contributed by atoms with van der Waals surface area (Å²) in [6, 6.07) is 9.76. The molecule has 3 N–H and O–H groups in total. The number of carbonyl (C=O) groups is 1. The zero-order chi connectivity index (χ0) is 18.1. The van der Waals surface area contributed by atoms with E-state index in [1.165, 1.54) is 0 Å². The van der Waals surface area contributed by atoms with Crippen LogP contribution in [0.5, 0.6) is 0 Å². The summed E-state index contributed by atoms with van der Waals surface area (Å²) in [5.74, 6) is 0.0358. The minimum absolute atomic E-state index is 0.0545. The first-order valence-corrected chi connectivity index (χ1v) is 8.58. The number of hydrogen-bond acceptors (Lipinski definition) is 4. The number of benzene rings is 1. The van der Waals surface area contributed by atoms with Gasteiger partial charge in [-0.25, -0.2) is 0 Å². The van der Waals surface area contributed by atoms with Gasteiger partial charge in [0.25, 0.3) is 0 Å². The zero-order valence-electron chi connectivity index (χ0n) is 15.0. The molecule has 25 heavy (non-hydrogen) atoms. The van der Waals surface area contributed by atoms with Gasteiger partial charge >= 0.3 is 0 Å². The maximum Gasteiger partial charge on any atom is 0.232 e. The summed E-state index contributed by atoms with van der Waals surface area (Å²) in [4.78, 5) is 19.2. The molecule has 0 bridgehead atoms. The van der Waals surface area contributed by atoms with Crippen molar-refractivity contribution in [2.75, 3.05) is 46.6 Å². The maximum absolute atomic E-state index is 13.0. The van der Waals surface area contributed by atoms with Crippen molar-refractivity contribution >= 4 is 11.9 Å². The van der Waals surface area contributed by atoms with Crippen LogP contribution in [0, 0.1) is 0 Å². The van der Waals surface area contributed by atoms with Crippen LogP contribution in [0.1, 0.15) is 18.4 Å². The molecule has 1 aliphatic heterocycles. The van der Waals surface area contributed by atoms with Gasteiger partial charge in [-0.15, -0.1) is 0 Å². The van der Waals surface area contributed by atoms with Crippen molar-refractivity contribution in [1.82, 2.24) is 10.2 Å². The lowest BCUT2D eigenvalue weighted by atomic mass is 9.97. The first-order valence-electron chi connectivity index (χ1n) is 8.58. The predicted molar refractivity (Wildman–Crippen MR) is 97.5 cm³/mol. The van der Waals surface area contributed by atoms with Gasteiger partial charge in [0.1, 0.15) is 0 Å². The molecule has 7 nitrogen and oxygen atoms in total. The lowest BCUT2D eigenvalue weighted by Crippen LogP contribution is -2.44. The Hall–Kier alpha value is -2.12. The molecule has 0 saturated carbocycles. The zero-order valence-corrected chi connectivity index (χ0v) is 15.0. The van der Waals surface area contributed by atoms with E-state index in [0.717, 1.165) is 5.56 Å². The molecule has 1 fully saturated rings. The van der Waals surface area contributed by atoms with Gasteiger partial charge in [-0.05, 0) is 12.5 Å². The van der Waals surface area contributed by atoms with Crippen LogP contribution >= 0.6 is 0 Å². The Balaban J connectivity index is 2.08. The number of ether oxygens (including phenoxy) is 2. The Kier molecular flexibility index (Phi) is 7.69. The standard InChI is InChI=1S/C18H28N4O3/c1-14(13-24-2)21-18(19)20-12-16(15-6-4-3-5-7-15)17(23)22-8-10-25-11-9-22/h3-7,14,16H,8-13H2,1-2H3,(H3,19,20,21). The molecule has 2 atom stereocenters. The summed E-state index contributed by atoms with van der Waals surface area (Å²) in [5.41, 5.74) is 6.89. The number of nitrogens with one attached hydrogen (secondary N) is 1. The fourth-order valence-corrected chi connectivity index (χ4v) is 2.79. The molecular weight excluding hydrogens is 320 g/mol. The third-order valence-corrected chi connectivity index (χ3v) is 4.08. The Morgan fingerprint density at radius 2 is 2.04 bits per heavy atom. The van der Waals surface area contributed by atoms with Crippen molar-refractivity contribution in [2.45, 2.75) is 18.9 Å². The minimum Gasteiger partial charge on any atom is -0.383 e. The monoisotopic (exact) mass is 348 g/mol. The number of nitrogens with two attached hydrogens (primary N) is 1. The van der Waals surface area contributed by atoms with Crippen molar-refractivity contribution < 1.29 is 14.3 Å². The van der Waals surface area contributed by atoms with Gasteiger partial charge in [-0.2, -0.15) is 0 Å². The minimum atomic E-state index is -0.350. The summed E-state index contributed by atoms with van der Waals surface area (Å²) in [6.07, 6.45) is 0. The fraction of sp³-hybridized carbons (Fsp3) is 0.556. The molecule has 7 heteroatoms. The molecule has 2 rings (SSSR count). The molecule has 1 aromatic carbocycles. The van der Waals surface area contributed by atoms with Crippen molar-refractivity contribution in [1.29, 1.82) is 0 Å². The number of methoxy groups -OCH3 is 1. The van der Waals surface area contributed by atoms with Crippen molar-refractivity contribution in [3.8, 4) is 0 Å². The normalized spacial score (nSPS) is 17.8. The van der Waals surface area contributed by atoms with E-state index < -0.39 is 0 Å². The van der Waals surface area contributed by atoms with E-state index in [4.69, 9.17) is 15.2 Å². The molecule has 138 valence electrons. The molecule has 0 spiro atoms. The maximum atomic E-state index is 13.0. The highest BCUT2D eigenvalue weighted by Gasteiger charge is 2.27. The number of rotatable bonds is 7. The van der Waals surface area contributed by atoms with Crippen molar-refractivity contribution in [3.05, 3.63) is 35.9 Å². The fourth-order valence-electron chi connectivity index (χ4n) is 2.79. The average Bonchev–Trinajstić information content (AvgIpc) is 2.63. The lowest BCUT2D eigenvalue weighted by molar-refractivity contribution is -0.136. The van der Waals surface area contributed by atoms with Gasteiger partial charge in [0.05, 0.1) is 32.3 Å². The molecule has 0 aliphatic carbocycles. The van der Waals surface area contributed by atoms with E-state index in [1.54, 1.807) is 7.11 Å². The summed E-state index contributed by atoms with van der Waals surface area (Å²) in [7, 11) is 1.64. The third kappa shape index (κ3) is 6.03. The number of carbonyl (C=O) groups excluding carboxylic acids is 1. The number of guanidine groups is 1. The van der Waals surface area contributed by atoms with Gasteiger partial charge in [0, 0.05) is 26.2 Å². The molecule has 1 heterocycles. The Bertz CT molecular complexity index is 559. The van der Waals surface area contributed by atoms with Crippen LogP contribution in [0.25, 0.3) is 0 Å². The highest BCUT2D eigenvalue weighted by Crippen LogP contribution is 2.20. The number of hydrogen-bond donors (Lipinski definition) is 2. The van der Waals surface area contributed by atoms with Crippen LogP contribution in [0.3, 0.4) is 0 Å². The first kappa shape index (κ1) is 19.2. The summed E-state index contributed by atoms with van der Waals surface area (Å²) >= 11 is 0. The lowest BCUT2D eigenvalue weighted by Gasteiger charge is -2.30. The van der Waals surface area contributed by atoms with Crippen molar-refractivity contribution in [3.63, 3.8) is 0 Å². The SMILES string of the molecule is COCC(C)NC(N)=NCC(C(=O)N1CCOCC1)c1ccccc1. The smallest absolute Gasteiger partial charge is 0.232 e. The molecular formula is C18H28N4O3. The third-order valence-electron chi connectivity index (χ3n) is 4.08. The van der Waals surface area contributed by atoms with Gasteiger partial charge < -0.3 is 25.4 Å². The highest BCUT2D eigenvalue weighted by atomic mass is 16.5. The van der Waals surface area contributed by atoms with Crippen LogP contribution in [0.2, 0.25) is 0 Å². The van der Waals surface area contributed by atoms with Crippen LogP contribution in [0.15, 0.2) is 35.3 Å². The number of morpholine rings is 1. The second-order valence-electron chi connectivity index (χ2n) is 6.13. The Morgan fingerprint density at radius 1 is 1.36 bits per heavy atom. The van der Waals surface area contributed by atoms with E-state index in [0.29, 0.717) is 45.4 Å². The molecule has 1 aliphatic rings. The van der Waals surface area contributed by atoms with Gasteiger partial charge in [0.2, 0.25) is 5.91 Å². The summed E-state index contributed by atoms with van der Waals surface area (Å²) in [5, 5.41) is 3.06. The molecule has 1 saturated heterocycles. The van der Waals surface area contributed by atoms with E-state index in [-0.39, 0.29) is 17.9 Å². The van der Waals surface area contributed by atoms with E-state index in [1.807, 2.05) is 42.2 Å². The predicted octanol–water partition coefficient (Wildman–Crippen LogP) is 0.568. The van der Waals surface area contributed by atoms with Gasteiger partial charge in [-0.3, -0.25) is 9.79 Å². The Morgan fingerprint density at radius 3 is 2.68 bits per heavy atom. The number of aliphatic imine (C=N–C) groups is 1. The molecule has 2 unspecified atom stereocenters. The molecule has 1 aromatic rings. The van der Waals surface area contributed by atoms with E-state index in [2.05, 4.69) is 10.3 Å². The van der Waals surface area contributed by atoms with Crippen LogP contribution in [-0.4, -0.2) is 69.4 Å². The molecule has 1 amide bonds. The summed E-state index contributed by atoms with van der Waals surface area (Å²) in [6.45, 7) is 5.18. The molecule has 0 radical (unpaired) electrons. The van der Waals surface area contributed by atoms with Crippen molar-refractivity contribution in [2.24, 2.45) is 10.7 Å². The van der Waals surface area contributed by atoms with Gasteiger partial charge in [-0.1, -0.05) is 30.3 Å². The van der Waals surface area contributed by atoms with Crippen LogP contribution in [0.4, 0.5) is 0 Å². The van der Waals surface area contributed by atoms with Crippen LogP contribution in [-0.2, 0) is 14.3 Å². The average molecular weight is 348 g/mol. The second kappa shape index (κ2) is 10.0. The highest BCUT2D eigenvalue weighted by molar-refractivity contribution is 5.85. The number of nitrogens with zero attached hydrogens (tertiary/aromatic N) is 2. The Labute approximate surface area is 149 Å². The van der Waals surface area contributed by atoms with E-state index in [9.17, 15) is 4.79 Å². The number of amides is 1. The quantitative estimate of drug-likeness (QED) is 0.555. The largest absolute Gasteiger partial charge is 0.383 e. The van der Waals surface area contributed by atoms with Gasteiger partial charge in [0.15, 0.2) is 5.96 Å². The van der Waals surface area contributed by atoms with E-state index >= 15 is 0 Å². The summed E-state index contributed by atoms with van der Waals surface area (Å²) < 4.78 is 10.4. The second-order valence-corrected chi connectivity index (χ2v) is 6.13. The first-order chi connectivity index (χ1) is 12.1. The topological polar surface area (TPSA) is 89.2 Å². The molecule has 0 aromatic heterocycles.